The number of thiocarbonyl (C=S) groups is 1. The quantitative estimate of drug-likeness (QED) is 0.464. The average molecular weight is 390 g/mol. The van der Waals surface area contributed by atoms with Crippen LogP contribution in [0.5, 0.6) is 0 Å². The van der Waals surface area contributed by atoms with Crippen molar-refractivity contribution in [3.8, 4) is 6.07 Å². The Morgan fingerprint density at radius 3 is 2.54 bits per heavy atom. The van der Waals surface area contributed by atoms with Gasteiger partial charge in [0.15, 0.2) is 5.11 Å². The van der Waals surface area contributed by atoms with Gasteiger partial charge in [0, 0.05) is 17.7 Å². The monoisotopic (exact) mass is 390 g/mol. The van der Waals surface area contributed by atoms with E-state index in [1.54, 1.807) is 0 Å². The molecule has 0 bridgehead atoms. The normalized spacial score (nSPS) is 16.7. The van der Waals surface area contributed by atoms with Crippen LogP contribution in [0.4, 0.5) is 5.00 Å². The summed E-state index contributed by atoms with van der Waals surface area (Å²) in [5, 5.41) is 15.6. The summed E-state index contributed by atoms with van der Waals surface area (Å²) in [5.74, 6) is -1.24. The number of nitriles is 1. The Kier molecular flexibility index (Phi) is 5.64. The number of nitrogens with zero attached hydrogens (tertiary/aromatic N) is 2. The van der Waals surface area contributed by atoms with E-state index in [0.29, 0.717) is 10.6 Å². The molecule has 2 heterocycles. The Labute approximate surface area is 160 Å². The summed E-state index contributed by atoms with van der Waals surface area (Å²) in [6.45, 7) is -0.342. The van der Waals surface area contributed by atoms with Crippen molar-refractivity contribution >= 4 is 51.4 Å². The molecule has 2 N–H and O–H groups in total. The molecule has 1 aliphatic heterocycles. The molecule has 0 spiro atoms. The van der Waals surface area contributed by atoms with Gasteiger partial charge in [-0.2, -0.15) is 5.26 Å². The summed E-state index contributed by atoms with van der Waals surface area (Å²) >= 11 is 6.65. The van der Waals surface area contributed by atoms with Crippen molar-refractivity contribution in [3.05, 3.63) is 16.0 Å². The molecule has 0 saturated carbocycles. The van der Waals surface area contributed by atoms with Crippen LogP contribution in [0.1, 0.15) is 48.1 Å². The van der Waals surface area contributed by atoms with E-state index in [0.717, 1.165) is 42.6 Å². The van der Waals surface area contributed by atoms with Gasteiger partial charge in [0.05, 0.1) is 5.56 Å². The molecule has 1 aromatic heterocycles. The number of hydrogen-bond acceptors (Lipinski definition) is 6. The van der Waals surface area contributed by atoms with Crippen LogP contribution in [0.15, 0.2) is 0 Å². The molecule has 0 radical (unpaired) electrons. The third kappa shape index (κ3) is 3.92. The summed E-state index contributed by atoms with van der Waals surface area (Å²) in [5.41, 5.74) is 1.67. The lowest BCUT2D eigenvalue weighted by atomic mass is 10.1. The minimum Gasteiger partial charge on any atom is -0.323 e. The largest absolute Gasteiger partial charge is 0.323 e. The first-order valence-corrected chi connectivity index (χ1v) is 9.70. The number of thiophene rings is 1. The number of amides is 3. The van der Waals surface area contributed by atoms with E-state index < -0.39 is 5.91 Å². The fraction of sp³-hybridized carbons (Fsp3) is 0.471. The molecule has 1 aromatic rings. The predicted octanol–water partition coefficient (Wildman–Crippen LogP) is 1.85. The Morgan fingerprint density at radius 1 is 1.15 bits per heavy atom. The molecule has 1 aliphatic carbocycles. The lowest BCUT2D eigenvalue weighted by Gasteiger charge is -2.14. The standard InChI is InChI=1S/C17H18N4O3S2/c18-8-11-10-4-2-1-3-5-12(10)26-16(11)20-17(25)19-13(22)9-21-14(23)6-7-15(21)24/h1-7,9H2,(H2,19,20,22,25). The summed E-state index contributed by atoms with van der Waals surface area (Å²) in [6.07, 6.45) is 5.46. The number of rotatable bonds is 3. The minimum absolute atomic E-state index is 0.0574. The van der Waals surface area contributed by atoms with Gasteiger partial charge in [0.1, 0.15) is 17.6 Å². The van der Waals surface area contributed by atoms with Gasteiger partial charge in [-0.15, -0.1) is 11.3 Å². The van der Waals surface area contributed by atoms with Crippen LogP contribution in [-0.2, 0) is 27.2 Å². The van der Waals surface area contributed by atoms with Crippen LogP contribution in [0.2, 0.25) is 0 Å². The van der Waals surface area contributed by atoms with E-state index in [2.05, 4.69) is 16.7 Å². The van der Waals surface area contributed by atoms with Gasteiger partial charge in [-0.25, -0.2) is 0 Å². The smallest absolute Gasteiger partial charge is 0.246 e. The first-order chi connectivity index (χ1) is 12.5. The topological polar surface area (TPSA) is 102 Å². The molecule has 0 aromatic carbocycles. The first kappa shape index (κ1) is 18.5. The van der Waals surface area contributed by atoms with E-state index in [1.165, 1.54) is 16.2 Å². The summed E-state index contributed by atoms with van der Waals surface area (Å²) in [6, 6.07) is 2.24. The fourth-order valence-corrected chi connectivity index (χ4v) is 4.72. The second kappa shape index (κ2) is 7.93. The molecule has 136 valence electrons. The maximum atomic E-state index is 12.0. The highest BCUT2D eigenvalue weighted by Gasteiger charge is 2.30. The maximum absolute atomic E-state index is 12.0. The van der Waals surface area contributed by atoms with E-state index in [-0.39, 0.29) is 36.3 Å². The number of fused-ring (bicyclic) bond motifs is 1. The second-order valence-electron chi connectivity index (χ2n) is 6.26. The number of hydrogen-bond donors (Lipinski definition) is 2. The Bertz CT molecular complexity index is 809. The van der Waals surface area contributed by atoms with E-state index in [4.69, 9.17) is 12.2 Å². The summed E-state index contributed by atoms with van der Waals surface area (Å²) < 4.78 is 0. The number of carbonyl (C=O) groups is 3. The highest BCUT2D eigenvalue weighted by Crippen LogP contribution is 2.36. The molecule has 0 unspecified atom stereocenters. The first-order valence-electron chi connectivity index (χ1n) is 8.48. The molecular formula is C17H18N4O3S2. The predicted molar refractivity (Wildman–Crippen MR) is 101 cm³/mol. The number of aryl methyl sites for hydroxylation is 1. The zero-order chi connectivity index (χ0) is 18.7. The molecule has 3 rings (SSSR count). The highest BCUT2D eigenvalue weighted by atomic mass is 32.1. The van der Waals surface area contributed by atoms with Crippen molar-refractivity contribution in [1.29, 1.82) is 5.26 Å². The SMILES string of the molecule is N#Cc1c(NC(=S)NC(=O)CN2C(=O)CCC2=O)sc2c1CCCCC2. The van der Waals surface area contributed by atoms with E-state index in [9.17, 15) is 19.6 Å². The van der Waals surface area contributed by atoms with Crippen LogP contribution in [0, 0.1) is 11.3 Å². The average Bonchev–Trinajstić information content (AvgIpc) is 2.97. The van der Waals surface area contributed by atoms with Crippen molar-refractivity contribution in [3.63, 3.8) is 0 Å². The van der Waals surface area contributed by atoms with Gasteiger partial charge in [-0.1, -0.05) is 6.42 Å². The molecule has 26 heavy (non-hydrogen) atoms. The van der Waals surface area contributed by atoms with Crippen LogP contribution >= 0.6 is 23.6 Å². The van der Waals surface area contributed by atoms with Crippen molar-refractivity contribution in [2.45, 2.75) is 44.9 Å². The zero-order valence-electron chi connectivity index (χ0n) is 14.1. The number of carbonyl (C=O) groups excluding carboxylic acids is 3. The van der Waals surface area contributed by atoms with Gasteiger partial charge < -0.3 is 10.6 Å². The highest BCUT2D eigenvalue weighted by molar-refractivity contribution is 7.80. The van der Waals surface area contributed by atoms with Crippen molar-refractivity contribution in [1.82, 2.24) is 10.2 Å². The van der Waals surface area contributed by atoms with Gasteiger partial charge in [-0.05, 0) is 43.5 Å². The Hall–Kier alpha value is -2.31. The number of nitrogens with one attached hydrogen (secondary N) is 2. The molecule has 0 atom stereocenters. The van der Waals surface area contributed by atoms with E-state index >= 15 is 0 Å². The Morgan fingerprint density at radius 2 is 1.85 bits per heavy atom. The fourth-order valence-electron chi connectivity index (χ4n) is 3.19. The molecule has 1 saturated heterocycles. The number of likely N-dealkylation sites (tertiary alicyclic amines) is 1. The zero-order valence-corrected chi connectivity index (χ0v) is 15.7. The third-order valence-electron chi connectivity index (χ3n) is 4.47. The minimum atomic E-state index is -0.539. The molecule has 3 amide bonds. The summed E-state index contributed by atoms with van der Waals surface area (Å²) in [4.78, 5) is 37.3. The maximum Gasteiger partial charge on any atom is 0.246 e. The van der Waals surface area contributed by atoms with Gasteiger partial charge >= 0.3 is 0 Å². The third-order valence-corrected chi connectivity index (χ3v) is 5.88. The van der Waals surface area contributed by atoms with Crippen molar-refractivity contribution in [2.75, 3.05) is 11.9 Å². The molecule has 9 heteroatoms. The number of anilines is 1. The lowest BCUT2D eigenvalue weighted by Crippen LogP contribution is -2.43. The van der Waals surface area contributed by atoms with Gasteiger partial charge in [0.25, 0.3) is 0 Å². The van der Waals surface area contributed by atoms with E-state index in [1.807, 2.05) is 0 Å². The number of imide groups is 1. The van der Waals surface area contributed by atoms with Crippen LogP contribution < -0.4 is 10.6 Å². The van der Waals surface area contributed by atoms with Gasteiger partial charge in [0.2, 0.25) is 17.7 Å². The van der Waals surface area contributed by atoms with Crippen LogP contribution in [0.25, 0.3) is 0 Å². The second-order valence-corrected chi connectivity index (χ2v) is 7.77. The molecule has 2 aliphatic rings. The van der Waals surface area contributed by atoms with Crippen molar-refractivity contribution < 1.29 is 14.4 Å². The molecule has 1 fully saturated rings. The summed E-state index contributed by atoms with van der Waals surface area (Å²) in [7, 11) is 0. The molecule has 7 nitrogen and oxygen atoms in total. The van der Waals surface area contributed by atoms with Gasteiger partial charge in [-0.3, -0.25) is 19.3 Å². The molecular weight excluding hydrogens is 372 g/mol. The lowest BCUT2D eigenvalue weighted by molar-refractivity contribution is -0.142. The Balaban J connectivity index is 1.63. The van der Waals surface area contributed by atoms with Crippen LogP contribution in [-0.4, -0.2) is 34.3 Å². The van der Waals surface area contributed by atoms with Crippen molar-refractivity contribution in [2.24, 2.45) is 0 Å². The van der Waals surface area contributed by atoms with Crippen LogP contribution in [0.3, 0.4) is 0 Å².